The van der Waals surface area contributed by atoms with Gasteiger partial charge >= 0.3 is 0 Å². The van der Waals surface area contributed by atoms with E-state index in [1.54, 1.807) is 11.0 Å². The van der Waals surface area contributed by atoms with E-state index < -0.39 is 5.82 Å². The second-order valence-electron chi connectivity index (χ2n) is 5.74. The predicted octanol–water partition coefficient (Wildman–Crippen LogP) is 3.01. The van der Waals surface area contributed by atoms with Crippen molar-refractivity contribution >= 4 is 23.2 Å². The largest absolute Gasteiger partial charge is 0.361 e. The molecule has 1 fully saturated rings. The molecule has 1 saturated heterocycles. The third kappa shape index (κ3) is 3.23. The summed E-state index contributed by atoms with van der Waals surface area (Å²) < 4.78 is 18.6. The van der Waals surface area contributed by atoms with Gasteiger partial charge in [-0.25, -0.2) is 4.39 Å². The van der Waals surface area contributed by atoms with Crippen molar-refractivity contribution in [1.82, 2.24) is 10.1 Å². The van der Waals surface area contributed by atoms with Crippen molar-refractivity contribution in [2.24, 2.45) is 0 Å². The lowest BCUT2D eigenvalue weighted by atomic mass is 10.2. The summed E-state index contributed by atoms with van der Waals surface area (Å²) in [4.78, 5) is 16.2. The summed E-state index contributed by atoms with van der Waals surface area (Å²) in [7, 11) is 1.87. The zero-order valence-electron chi connectivity index (χ0n) is 12.9. The van der Waals surface area contributed by atoms with Crippen LogP contribution in [0.1, 0.15) is 17.9 Å². The molecule has 3 rings (SSSR count). The van der Waals surface area contributed by atoms with Gasteiger partial charge in [-0.3, -0.25) is 9.69 Å². The SMILES string of the molecule is Cc1cc(CN(C)[C@@H]2CCN(c3ccc(Cl)c(F)c3)C2=O)no1. The Morgan fingerprint density at radius 1 is 1.48 bits per heavy atom. The summed E-state index contributed by atoms with van der Waals surface area (Å²) in [5, 5.41) is 4.00. The number of hydrogen-bond acceptors (Lipinski definition) is 4. The maximum atomic E-state index is 13.6. The normalized spacial score (nSPS) is 18.2. The fraction of sp³-hybridized carbons (Fsp3) is 0.375. The van der Waals surface area contributed by atoms with E-state index in [2.05, 4.69) is 5.16 Å². The van der Waals surface area contributed by atoms with E-state index in [-0.39, 0.29) is 17.0 Å². The topological polar surface area (TPSA) is 49.6 Å². The van der Waals surface area contributed by atoms with Crippen LogP contribution < -0.4 is 4.90 Å². The van der Waals surface area contributed by atoms with Crippen molar-refractivity contribution in [2.45, 2.75) is 25.9 Å². The molecule has 1 aliphatic rings. The van der Waals surface area contributed by atoms with Gasteiger partial charge in [0, 0.05) is 24.8 Å². The average molecular weight is 338 g/mol. The number of amides is 1. The highest BCUT2D eigenvalue weighted by molar-refractivity contribution is 6.30. The van der Waals surface area contributed by atoms with E-state index in [1.807, 2.05) is 24.9 Å². The van der Waals surface area contributed by atoms with Crippen molar-refractivity contribution in [3.8, 4) is 0 Å². The lowest BCUT2D eigenvalue weighted by Gasteiger charge is -2.23. The number of halogens is 2. The highest BCUT2D eigenvalue weighted by atomic mass is 35.5. The smallest absolute Gasteiger partial charge is 0.244 e. The van der Waals surface area contributed by atoms with Crippen LogP contribution in [0.15, 0.2) is 28.8 Å². The number of hydrogen-bond donors (Lipinski definition) is 0. The minimum atomic E-state index is -0.521. The number of carbonyl (C=O) groups is 1. The molecule has 0 aliphatic carbocycles. The number of carbonyl (C=O) groups excluding carboxylic acids is 1. The van der Waals surface area contributed by atoms with E-state index in [0.29, 0.717) is 25.2 Å². The molecule has 0 unspecified atom stereocenters. The van der Waals surface area contributed by atoms with E-state index in [1.165, 1.54) is 12.1 Å². The Morgan fingerprint density at radius 2 is 2.26 bits per heavy atom. The maximum absolute atomic E-state index is 13.6. The molecule has 1 aromatic heterocycles. The van der Waals surface area contributed by atoms with Gasteiger partial charge in [0.1, 0.15) is 11.6 Å². The van der Waals surface area contributed by atoms with E-state index in [9.17, 15) is 9.18 Å². The van der Waals surface area contributed by atoms with Crippen molar-refractivity contribution in [3.05, 3.63) is 46.6 Å². The molecule has 5 nitrogen and oxygen atoms in total. The highest BCUT2D eigenvalue weighted by Crippen LogP contribution is 2.27. The maximum Gasteiger partial charge on any atom is 0.244 e. The zero-order valence-corrected chi connectivity index (χ0v) is 13.7. The number of nitrogens with zero attached hydrogens (tertiary/aromatic N) is 3. The van der Waals surface area contributed by atoms with Gasteiger partial charge in [0.05, 0.1) is 16.8 Å². The fourth-order valence-corrected chi connectivity index (χ4v) is 2.96. The molecule has 23 heavy (non-hydrogen) atoms. The molecule has 1 aliphatic heterocycles. The van der Waals surface area contributed by atoms with Crippen LogP contribution >= 0.6 is 11.6 Å². The number of aryl methyl sites for hydroxylation is 1. The third-order valence-electron chi connectivity index (χ3n) is 4.01. The monoisotopic (exact) mass is 337 g/mol. The molecule has 0 bridgehead atoms. The van der Waals surface area contributed by atoms with E-state index >= 15 is 0 Å². The van der Waals surface area contributed by atoms with Crippen LogP contribution in [0.25, 0.3) is 0 Å². The molecule has 1 amide bonds. The summed E-state index contributed by atoms with van der Waals surface area (Å²) >= 11 is 5.69. The lowest BCUT2D eigenvalue weighted by Crippen LogP contribution is -2.39. The van der Waals surface area contributed by atoms with Crippen LogP contribution in [0.3, 0.4) is 0 Å². The minimum Gasteiger partial charge on any atom is -0.361 e. The Bertz CT molecular complexity index is 734. The minimum absolute atomic E-state index is 0.0468. The molecular formula is C16H17ClFN3O2. The Morgan fingerprint density at radius 3 is 2.91 bits per heavy atom. The first-order valence-electron chi connectivity index (χ1n) is 7.34. The van der Waals surface area contributed by atoms with Crippen LogP contribution in [0.4, 0.5) is 10.1 Å². The number of benzene rings is 1. The molecule has 7 heteroatoms. The summed E-state index contributed by atoms with van der Waals surface area (Å²) in [5.74, 6) is 0.172. The van der Waals surface area contributed by atoms with Gasteiger partial charge in [-0.15, -0.1) is 0 Å². The Labute approximate surface area is 138 Å². The lowest BCUT2D eigenvalue weighted by molar-refractivity contribution is -0.121. The van der Waals surface area contributed by atoms with Crippen molar-refractivity contribution in [2.75, 3.05) is 18.5 Å². The van der Waals surface area contributed by atoms with E-state index in [4.69, 9.17) is 16.1 Å². The first-order valence-corrected chi connectivity index (χ1v) is 7.72. The summed E-state index contributed by atoms with van der Waals surface area (Å²) in [5.41, 5.74) is 1.32. The van der Waals surface area contributed by atoms with Crippen LogP contribution in [0.2, 0.25) is 5.02 Å². The first-order chi connectivity index (χ1) is 11.0. The molecule has 0 saturated carbocycles. The molecule has 1 atom stereocenters. The number of likely N-dealkylation sites (N-methyl/N-ethyl adjacent to an activating group) is 1. The fourth-order valence-electron chi connectivity index (χ4n) is 2.84. The third-order valence-corrected chi connectivity index (χ3v) is 4.32. The highest BCUT2D eigenvalue weighted by Gasteiger charge is 2.35. The molecular weight excluding hydrogens is 321 g/mol. The molecule has 2 heterocycles. The van der Waals surface area contributed by atoms with Crippen LogP contribution in [0.5, 0.6) is 0 Å². The molecule has 122 valence electrons. The second kappa shape index (κ2) is 6.29. The summed E-state index contributed by atoms with van der Waals surface area (Å²) in [6, 6.07) is 6.01. The molecule has 0 N–H and O–H groups in total. The van der Waals surface area contributed by atoms with Gasteiger partial charge in [0.2, 0.25) is 5.91 Å². The van der Waals surface area contributed by atoms with Crippen LogP contribution in [0, 0.1) is 12.7 Å². The van der Waals surface area contributed by atoms with Crippen LogP contribution in [-0.4, -0.2) is 35.6 Å². The molecule has 0 spiro atoms. The van der Waals surface area contributed by atoms with Gasteiger partial charge < -0.3 is 9.42 Å². The Hall–Kier alpha value is -1.92. The number of rotatable bonds is 4. The van der Waals surface area contributed by atoms with Gasteiger partial charge in [-0.05, 0) is 38.6 Å². The van der Waals surface area contributed by atoms with Gasteiger partial charge in [-0.2, -0.15) is 0 Å². The van der Waals surface area contributed by atoms with Gasteiger partial charge in [-0.1, -0.05) is 16.8 Å². The van der Waals surface area contributed by atoms with Gasteiger partial charge in [0.15, 0.2) is 0 Å². The summed E-state index contributed by atoms with van der Waals surface area (Å²) in [6.45, 7) is 2.90. The van der Waals surface area contributed by atoms with Crippen molar-refractivity contribution in [1.29, 1.82) is 0 Å². The molecule has 0 radical (unpaired) electrons. The predicted molar refractivity (Wildman–Crippen MR) is 84.9 cm³/mol. The number of anilines is 1. The van der Waals surface area contributed by atoms with Gasteiger partial charge in [0.25, 0.3) is 0 Å². The Kier molecular flexibility index (Phi) is 4.37. The Balaban J connectivity index is 1.71. The average Bonchev–Trinajstić information content (AvgIpc) is 3.08. The molecule has 1 aromatic carbocycles. The zero-order chi connectivity index (χ0) is 16.6. The van der Waals surface area contributed by atoms with Crippen molar-refractivity contribution in [3.63, 3.8) is 0 Å². The first kappa shape index (κ1) is 16.0. The summed E-state index contributed by atoms with van der Waals surface area (Å²) in [6.07, 6.45) is 0.677. The second-order valence-corrected chi connectivity index (χ2v) is 6.14. The van der Waals surface area contributed by atoms with Crippen molar-refractivity contribution < 1.29 is 13.7 Å². The van der Waals surface area contributed by atoms with Crippen LogP contribution in [-0.2, 0) is 11.3 Å². The molecule has 2 aromatic rings. The quantitative estimate of drug-likeness (QED) is 0.860. The number of aromatic nitrogens is 1. The standard InChI is InChI=1S/C16H17ClFN3O2/c1-10-7-11(19-23-10)9-20(2)15-5-6-21(16(15)22)12-3-4-13(17)14(18)8-12/h3-4,7-8,15H,5-6,9H2,1-2H3/t15-/m1/s1. The van der Waals surface area contributed by atoms with E-state index in [0.717, 1.165) is 11.5 Å².